The van der Waals surface area contributed by atoms with Gasteiger partial charge in [-0.2, -0.15) is 10.1 Å². The van der Waals surface area contributed by atoms with Gasteiger partial charge in [-0.3, -0.25) is 9.67 Å². The summed E-state index contributed by atoms with van der Waals surface area (Å²) in [5, 5.41) is 7.86. The molecule has 5 nitrogen and oxygen atoms in total. The van der Waals surface area contributed by atoms with Crippen molar-refractivity contribution in [3.8, 4) is 5.69 Å². The topological polar surface area (TPSA) is 63.6 Å². The molecule has 0 fully saturated rings. The van der Waals surface area contributed by atoms with Crippen LogP contribution in [0.4, 0.5) is 4.39 Å². The highest BCUT2D eigenvalue weighted by molar-refractivity contribution is 6.35. The number of aryl methyl sites for hydroxylation is 1. The number of benzene rings is 2. The number of aromatic amines is 1. The Labute approximate surface area is 144 Å². The van der Waals surface area contributed by atoms with Gasteiger partial charge in [0.25, 0.3) is 0 Å². The lowest BCUT2D eigenvalue weighted by molar-refractivity contribution is 0.641. The van der Waals surface area contributed by atoms with Crippen LogP contribution in [0.15, 0.2) is 35.3 Å². The van der Waals surface area contributed by atoms with Gasteiger partial charge in [-0.05, 0) is 36.8 Å². The molecule has 4 aromatic rings. The fourth-order valence-corrected chi connectivity index (χ4v) is 3.22. The molecule has 4 rings (SSSR count). The van der Waals surface area contributed by atoms with Crippen molar-refractivity contribution in [2.45, 2.75) is 6.92 Å². The summed E-state index contributed by atoms with van der Waals surface area (Å²) < 4.78 is 16.2. The van der Waals surface area contributed by atoms with Gasteiger partial charge >= 0.3 is 5.69 Å². The minimum absolute atomic E-state index is 0.0308. The number of imidazole rings is 1. The van der Waals surface area contributed by atoms with E-state index in [1.807, 2.05) is 6.92 Å². The normalized spacial score (nSPS) is 11.5. The van der Waals surface area contributed by atoms with Gasteiger partial charge in [0.15, 0.2) is 5.82 Å². The molecule has 0 spiro atoms. The molecule has 8 heteroatoms. The maximum absolute atomic E-state index is 15.1. The molecule has 0 atom stereocenters. The van der Waals surface area contributed by atoms with E-state index in [4.69, 9.17) is 23.2 Å². The van der Waals surface area contributed by atoms with E-state index in [1.54, 1.807) is 24.4 Å². The molecule has 0 saturated heterocycles. The number of aromatic nitrogens is 4. The number of nitrogens with zero attached hydrogens (tertiary/aromatic N) is 3. The molecule has 2 aromatic heterocycles. The molecule has 0 radical (unpaired) electrons. The van der Waals surface area contributed by atoms with Gasteiger partial charge in [-0.1, -0.05) is 23.2 Å². The summed E-state index contributed by atoms with van der Waals surface area (Å²) in [6, 6.07) is 6.25. The van der Waals surface area contributed by atoms with Crippen LogP contribution in [-0.4, -0.2) is 19.7 Å². The van der Waals surface area contributed by atoms with E-state index < -0.39 is 11.5 Å². The van der Waals surface area contributed by atoms with E-state index in [2.05, 4.69) is 15.2 Å². The van der Waals surface area contributed by atoms with E-state index in [0.717, 1.165) is 10.1 Å². The Balaban J connectivity index is 2.18. The summed E-state index contributed by atoms with van der Waals surface area (Å²) in [5.74, 6) is -0.636. The summed E-state index contributed by atoms with van der Waals surface area (Å²) in [6.07, 6.45) is 1.65. The summed E-state index contributed by atoms with van der Waals surface area (Å²) in [6.45, 7) is 1.82. The fraction of sp³-hybridized carbons (Fsp3) is 0.0625. The van der Waals surface area contributed by atoms with E-state index in [-0.39, 0.29) is 21.6 Å². The minimum atomic E-state index is -0.636. The first kappa shape index (κ1) is 15.1. The van der Waals surface area contributed by atoms with Gasteiger partial charge < -0.3 is 0 Å². The third kappa shape index (κ3) is 2.11. The van der Waals surface area contributed by atoms with Crippen LogP contribution >= 0.6 is 23.2 Å². The van der Waals surface area contributed by atoms with Gasteiger partial charge in [-0.25, -0.2) is 9.18 Å². The molecule has 0 amide bonds. The van der Waals surface area contributed by atoms with E-state index >= 15 is 4.39 Å². The van der Waals surface area contributed by atoms with Crippen molar-refractivity contribution in [2.24, 2.45) is 0 Å². The van der Waals surface area contributed by atoms with E-state index in [9.17, 15) is 4.79 Å². The van der Waals surface area contributed by atoms with Crippen LogP contribution in [0.25, 0.3) is 27.6 Å². The van der Waals surface area contributed by atoms with Crippen LogP contribution in [-0.2, 0) is 0 Å². The number of halogens is 3. The zero-order valence-corrected chi connectivity index (χ0v) is 13.8. The lowest BCUT2D eigenvalue weighted by atomic mass is 10.1. The zero-order valence-electron chi connectivity index (χ0n) is 12.3. The summed E-state index contributed by atoms with van der Waals surface area (Å²) >= 11 is 12.1. The molecule has 1 N–H and O–H groups in total. The van der Waals surface area contributed by atoms with E-state index in [1.165, 1.54) is 6.07 Å². The van der Waals surface area contributed by atoms with Crippen LogP contribution in [0.1, 0.15) is 5.56 Å². The molecule has 0 saturated carbocycles. The molecule has 120 valence electrons. The number of hydrogen-bond acceptors (Lipinski definition) is 3. The average molecular weight is 363 g/mol. The largest absolute Gasteiger partial charge is 0.353 e. The minimum Gasteiger partial charge on any atom is -0.285 e. The molecule has 0 aliphatic rings. The maximum atomic E-state index is 15.1. The van der Waals surface area contributed by atoms with Gasteiger partial charge in [0.05, 0.1) is 16.2 Å². The number of nitrogens with one attached hydrogen (secondary N) is 1. The Morgan fingerprint density at radius 1 is 1.25 bits per heavy atom. The molecule has 0 bridgehead atoms. The number of H-pyrrole nitrogens is 1. The highest BCUT2D eigenvalue weighted by Gasteiger charge is 2.20. The van der Waals surface area contributed by atoms with Crippen LogP contribution in [0.5, 0.6) is 0 Å². The molecular formula is C16H9Cl2FN4O. The Morgan fingerprint density at radius 2 is 2.04 bits per heavy atom. The quantitative estimate of drug-likeness (QED) is 0.556. The highest BCUT2D eigenvalue weighted by Crippen LogP contribution is 2.30. The third-order valence-electron chi connectivity index (χ3n) is 3.86. The summed E-state index contributed by atoms with van der Waals surface area (Å²) in [4.78, 5) is 16.3. The number of fused-ring (bicyclic) bond motifs is 2. The van der Waals surface area contributed by atoms with Crippen molar-refractivity contribution < 1.29 is 4.39 Å². The first-order valence-electron chi connectivity index (χ1n) is 6.98. The first-order chi connectivity index (χ1) is 11.5. The van der Waals surface area contributed by atoms with Crippen LogP contribution in [0.2, 0.25) is 10.0 Å². The molecule has 2 aromatic carbocycles. The molecule has 0 aliphatic heterocycles. The average Bonchev–Trinajstić information content (AvgIpc) is 2.85. The fourth-order valence-electron chi connectivity index (χ4n) is 2.73. The standard InChI is InChI=1S/C16H9Cl2FN4O/c1-7-6-20-22-14-9(7)5-11-15(13(14)19)23(16(24)21-11)12-3-2-8(17)4-10(12)18/h2-6,20H,1H3. The summed E-state index contributed by atoms with van der Waals surface area (Å²) in [7, 11) is 0. The van der Waals surface area contributed by atoms with Gasteiger partial charge in [0.2, 0.25) is 0 Å². The Kier molecular flexibility index (Phi) is 3.33. The molecule has 24 heavy (non-hydrogen) atoms. The second-order valence-corrected chi connectivity index (χ2v) is 6.19. The van der Waals surface area contributed by atoms with Crippen LogP contribution in [0.3, 0.4) is 0 Å². The Morgan fingerprint density at radius 3 is 2.79 bits per heavy atom. The number of hydrogen-bond donors (Lipinski definition) is 1. The Hall–Kier alpha value is -2.44. The second-order valence-electron chi connectivity index (χ2n) is 5.35. The van der Waals surface area contributed by atoms with Gasteiger partial charge in [0.1, 0.15) is 11.0 Å². The second kappa shape index (κ2) is 5.29. The molecule has 2 heterocycles. The van der Waals surface area contributed by atoms with Crippen molar-refractivity contribution in [2.75, 3.05) is 0 Å². The molecule has 0 unspecified atom stereocenters. The lowest BCUT2D eigenvalue weighted by Gasteiger charge is -2.08. The monoisotopic (exact) mass is 362 g/mol. The zero-order chi connectivity index (χ0) is 17.0. The van der Waals surface area contributed by atoms with E-state index in [0.29, 0.717) is 16.1 Å². The lowest BCUT2D eigenvalue weighted by Crippen LogP contribution is -2.15. The van der Waals surface area contributed by atoms with Crippen molar-refractivity contribution in [1.29, 1.82) is 0 Å². The number of rotatable bonds is 1. The maximum Gasteiger partial charge on any atom is 0.353 e. The Bertz CT molecular complexity index is 1180. The van der Waals surface area contributed by atoms with Crippen molar-refractivity contribution in [1.82, 2.24) is 19.7 Å². The smallest absolute Gasteiger partial charge is 0.285 e. The van der Waals surface area contributed by atoms with Crippen LogP contribution in [0, 0.1) is 12.7 Å². The van der Waals surface area contributed by atoms with Crippen molar-refractivity contribution >= 4 is 45.1 Å². The first-order valence-corrected chi connectivity index (χ1v) is 7.73. The van der Waals surface area contributed by atoms with Crippen molar-refractivity contribution in [3.63, 3.8) is 0 Å². The van der Waals surface area contributed by atoms with Gasteiger partial charge in [0, 0.05) is 16.6 Å². The predicted molar refractivity (Wildman–Crippen MR) is 91.7 cm³/mol. The van der Waals surface area contributed by atoms with Crippen molar-refractivity contribution in [3.05, 3.63) is 62.4 Å². The highest BCUT2D eigenvalue weighted by atomic mass is 35.5. The van der Waals surface area contributed by atoms with Crippen LogP contribution < -0.4 is 5.69 Å². The third-order valence-corrected chi connectivity index (χ3v) is 4.40. The molecular weight excluding hydrogens is 354 g/mol. The summed E-state index contributed by atoms with van der Waals surface area (Å²) in [5.41, 5.74) is 0.893. The predicted octanol–water partition coefficient (Wildman–Crippen LogP) is 4.02. The molecule has 0 aliphatic carbocycles. The SMILES string of the molecule is Cc1c[nH]nc2c(F)c3c(cc12)nc(=O)n3-c1ccc(Cl)cc1Cl. The van der Waals surface area contributed by atoms with Gasteiger partial charge in [-0.15, -0.1) is 0 Å².